The number of halogens is 1. The molecular weight excluding hydrogens is 210 g/mol. The minimum Gasteiger partial charge on any atom is -0.292 e. The molecule has 1 nitrogen and oxygen atoms in total. The second-order valence-electron chi connectivity index (χ2n) is 1.91. The maximum Gasteiger partial charge on any atom is 0.0705 e. The largest absolute Gasteiger partial charge is 0.292 e. The van der Waals surface area contributed by atoms with Crippen LogP contribution in [-0.4, -0.2) is 12.8 Å². The van der Waals surface area contributed by atoms with E-state index in [9.17, 15) is 0 Å². The Morgan fingerprint density at radius 2 is 2.30 bits per heavy atom. The molecular formula is C7H8BrNS. The Labute approximate surface area is 72.9 Å². The molecule has 0 bridgehead atoms. The topological polar surface area (TPSA) is 12.4 Å². The van der Waals surface area contributed by atoms with Crippen LogP contribution in [0.25, 0.3) is 0 Å². The second kappa shape index (κ2) is 3.30. The number of nitrogens with zero attached hydrogens (tertiary/aromatic N) is 1. The normalized spacial score (nSPS) is 12.1. The smallest absolute Gasteiger partial charge is 0.0705 e. The lowest BCUT2D eigenvalue weighted by Crippen LogP contribution is -1.87. The van der Waals surface area contributed by atoms with Gasteiger partial charge >= 0.3 is 0 Å². The van der Waals surface area contributed by atoms with E-state index in [1.165, 1.54) is 4.88 Å². The fraction of sp³-hybridized carbons (Fsp3) is 0.286. The Balaban J connectivity index is 2.95. The van der Waals surface area contributed by atoms with E-state index in [1.54, 1.807) is 11.3 Å². The summed E-state index contributed by atoms with van der Waals surface area (Å²) in [7, 11) is 1.81. The van der Waals surface area contributed by atoms with Gasteiger partial charge in [0.1, 0.15) is 0 Å². The van der Waals surface area contributed by atoms with Crippen LogP contribution in [0.2, 0.25) is 0 Å². The predicted molar refractivity (Wildman–Crippen MR) is 50.2 cm³/mol. The lowest BCUT2D eigenvalue weighted by molar-refractivity contribution is 1.43. The van der Waals surface area contributed by atoms with Gasteiger partial charge in [-0.05, 0) is 35.0 Å². The van der Waals surface area contributed by atoms with E-state index < -0.39 is 0 Å². The van der Waals surface area contributed by atoms with Crippen LogP contribution in [0.15, 0.2) is 20.9 Å². The summed E-state index contributed by atoms with van der Waals surface area (Å²) in [5, 5.41) is 0. The monoisotopic (exact) mass is 217 g/mol. The molecule has 0 atom stereocenters. The van der Waals surface area contributed by atoms with Crippen molar-refractivity contribution >= 4 is 33.0 Å². The fourth-order valence-corrected chi connectivity index (χ4v) is 2.00. The van der Waals surface area contributed by atoms with Crippen LogP contribution in [0.1, 0.15) is 11.8 Å². The summed E-state index contributed by atoms with van der Waals surface area (Å²) in [4.78, 5) is 5.31. The summed E-state index contributed by atoms with van der Waals surface area (Å²) in [6, 6.07) is 4.10. The van der Waals surface area contributed by atoms with E-state index >= 15 is 0 Å². The molecule has 0 aromatic carbocycles. The molecule has 1 heterocycles. The third-order valence-electron chi connectivity index (χ3n) is 1.27. The molecule has 0 N–H and O–H groups in total. The molecule has 0 spiro atoms. The Kier molecular flexibility index (Phi) is 2.63. The molecule has 0 radical (unpaired) electrons. The van der Waals surface area contributed by atoms with Crippen LogP contribution in [0.3, 0.4) is 0 Å². The minimum absolute atomic E-state index is 1.09. The van der Waals surface area contributed by atoms with Crippen LogP contribution in [0.4, 0.5) is 0 Å². The standard InChI is InChI=1S/C7H8BrNS/c1-5(9-2)6-3-4-7(8)10-6/h3-4H,1-2H3/b9-5-. The molecule has 0 saturated heterocycles. The maximum absolute atomic E-state index is 4.08. The molecule has 0 fully saturated rings. The predicted octanol–water partition coefficient (Wildman–Crippen LogP) is 2.95. The Bertz CT molecular complexity index is 252. The molecule has 0 aliphatic carbocycles. The van der Waals surface area contributed by atoms with Gasteiger partial charge in [0, 0.05) is 17.6 Å². The van der Waals surface area contributed by atoms with Gasteiger partial charge in [0.15, 0.2) is 0 Å². The van der Waals surface area contributed by atoms with E-state index in [4.69, 9.17) is 0 Å². The highest BCUT2D eigenvalue weighted by atomic mass is 79.9. The molecule has 1 aromatic heterocycles. The molecule has 0 amide bonds. The summed E-state index contributed by atoms with van der Waals surface area (Å²) in [5.74, 6) is 0. The van der Waals surface area contributed by atoms with Crippen molar-refractivity contribution < 1.29 is 0 Å². The zero-order valence-corrected chi connectivity index (χ0v) is 8.29. The van der Waals surface area contributed by atoms with Gasteiger partial charge in [0.05, 0.1) is 3.79 Å². The lowest BCUT2D eigenvalue weighted by atomic mass is 10.3. The first-order chi connectivity index (χ1) is 4.74. The van der Waals surface area contributed by atoms with Crippen molar-refractivity contribution in [1.29, 1.82) is 0 Å². The zero-order chi connectivity index (χ0) is 7.56. The van der Waals surface area contributed by atoms with Crippen molar-refractivity contribution in [2.24, 2.45) is 4.99 Å². The van der Waals surface area contributed by atoms with Crippen molar-refractivity contribution in [3.63, 3.8) is 0 Å². The number of aliphatic imine (C=N–C) groups is 1. The van der Waals surface area contributed by atoms with Gasteiger partial charge in [-0.2, -0.15) is 0 Å². The first-order valence-corrected chi connectivity index (χ1v) is 4.54. The first-order valence-electron chi connectivity index (χ1n) is 2.93. The maximum atomic E-state index is 4.08. The third-order valence-corrected chi connectivity index (χ3v) is 3.00. The molecule has 1 rings (SSSR count). The molecule has 54 valence electrons. The van der Waals surface area contributed by atoms with Crippen molar-refractivity contribution in [3.8, 4) is 0 Å². The van der Waals surface area contributed by atoms with Crippen molar-refractivity contribution in [2.75, 3.05) is 7.05 Å². The second-order valence-corrected chi connectivity index (χ2v) is 4.38. The van der Waals surface area contributed by atoms with Crippen LogP contribution in [-0.2, 0) is 0 Å². The van der Waals surface area contributed by atoms with E-state index in [-0.39, 0.29) is 0 Å². The summed E-state index contributed by atoms with van der Waals surface area (Å²) < 4.78 is 1.16. The number of hydrogen-bond acceptors (Lipinski definition) is 2. The highest BCUT2D eigenvalue weighted by Gasteiger charge is 1.98. The highest BCUT2D eigenvalue weighted by Crippen LogP contribution is 2.22. The van der Waals surface area contributed by atoms with E-state index in [0.717, 1.165) is 9.50 Å². The molecule has 10 heavy (non-hydrogen) atoms. The number of thiophene rings is 1. The average molecular weight is 218 g/mol. The summed E-state index contributed by atoms with van der Waals surface area (Å²) >= 11 is 5.10. The zero-order valence-electron chi connectivity index (χ0n) is 5.89. The van der Waals surface area contributed by atoms with Gasteiger partial charge in [-0.25, -0.2) is 0 Å². The SMILES string of the molecule is C/N=C(/C)c1ccc(Br)s1. The van der Waals surface area contributed by atoms with Crippen molar-refractivity contribution in [1.82, 2.24) is 0 Å². The molecule has 0 unspecified atom stereocenters. The van der Waals surface area contributed by atoms with E-state index in [1.807, 2.05) is 20.0 Å². The lowest BCUT2D eigenvalue weighted by Gasteiger charge is -1.89. The molecule has 1 aromatic rings. The van der Waals surface area contributed by atoms with Crippen LogP contribution in [0.5, 0.6) is 0 Å². The average Bonchev–Trinajstić information content (AvgIpc) is 2.34. The van der Waals surface area contributed by atoms with Gasteiger partial charge in [0.2, 0.25) is 0 Å². The minimum atomic E-state index is 1.09. The first kappa shape index (κ1) is 7.95. The van der Waals surface area contributed by atoms with Crippen molar-refractivity contribution in [3.05, 3.63) is 20.8 Å². The molecule has 0 saturated carbocycles. The van der Waals surface area contributed by atoms with Crippen molar-refractivity contribution in [2.45, 2.75) is 6.92 Å². The fourth-order valence-electron chi connectivity index (χ4n) is 0.619. The molecule has 3 heteroatoms. The van der Waals surface area contributed by atoms with Crippen LogP contribution >= 0.6 is 27.3 Å². The van der Waals surface area contributed by atoms with Crippen LogP contribution < -0.4 is 0 Å². The van der Waals surface area contributed by atoms with E-state index in [2.05, 4.69) is 27.0 Å². The van der Waals surface area contributed by atoms with Gasteiger partial charge in [0.25, 0.3) is 0 Å². The number of hydrogen-bond donors (Lipinski definition) is 0. The summed E-state index contributed by atoms with van der Waals surface area (Å²) in [6.45, 7) is 2.01. The van der Waals surface area contributed by atoms with Gasteiger partial charge in [-0.1, -0.05) is 0 Å². The Morgan fingerprint density at radius 1 is 1.60 bits per heavy atom. The molecule has 0 aliphatic heterocycles. The van der Waals surface area contributed by atoms with Gasteiger partial charge in [-0.15, -0.1) is 11.3 Å². The summed E-state index contributed by atoms with van der Waals surface area (Å²) in [6.07, 6.45) is 0. The van der Waals surface area contributed by atoms with E-state index in [0.29, 0.717) is 0 Å². The number of rotatable bonds is 1. The van der Waals surface area contributed by atoms with Gasteiger partial charge in [-0.3, -0.25) is 4.99 Å². The Morgan fingerprint density at radius 3 is 2.70 bits per heavy atom. The third kappa shape index (κ3) is 1.67. The molecule has 0 aliphatic rings. The highest BCUT2D eigenvalue weighted by molar-refractivity contribution is 9.11. The quantitative estimate of drug-likeness (QED) is 0.642. The summed E-state index contributed by atoms with van der Waals surface area (Å²) in [5.41, 5.74) is 1.09. The van der Waals surface area contributed by atoms with Crippen LogP contribution in [0, 0.1) is 0 Å². The van der Waals surface area contributed by atoms with Gasteiger partial charge < -0.3 is 0 Å². The Hall–Kier alpha value is -0.150.